The van der Waals surface area contributed by atoms with Gasteiger partial charge in [0.1, 0.15) is 5.75 Å². The molecule has 2 nitrogen and oxygen atoms in total. The van der Waals surface area contributed by atoms with Gasteiger partial charge in [-0.1, -0.05) is 22.9 Å². The third kappa shape index (κ3) is 4.06. The smallest absolute Gasteiger partial charge is 0.147 e. The van der Waals surface area contributed by atoms with Crippen molar-refractivity contribution >= 4 is 47.8 Å². The average molecular weight is 403 g/mol. The molecular weight excluding hydrogens is 392 g/mol. The summed E-state index contributed by atoms with van der Waals surface area (Å²) in [5, 5.41) is 8.88. The van der Waals surface area contributed by atoms with Gasteiger partial charge >= 0.3 is 0 Å². The highest BCUT2D eigenvalue weighted by molar-refractivity contribution is 9.11. The number of aliphatic hydroxyl groups is 1. The summed E-state index contributed by atoms with van der Waals surface area (Å²) in [7, 11) is 0. The van der Waals surface area contributed by atoms with Crippen LogP contribution >= 0.6 is 47.8 Å². The van der Waals surface area contributed by atoms with Crippen LogP contribution in [0.5, 0.6) is 5.75 Å². The first-order valence-corrected chi connectivity index (χ1v) is 6.80. The minimum Gasteiger partial charge on any atom is -0.491 e. The minimum absolute atomic E-state index is 0.131. The average Bonchev–Trinajstić information content (AvgIpc) is 2.15. The van der Waals surface area contributed by atoms with Crippen molar-refractivity contribution in [1.82, 2.24) is 0 Å². The van der Waals surface area contributed by atoms with E-state index >= 15 is 0 Å². The Labute approximate surface area is 114 Å². The number of hydrogen-bond acceptors (Lipinski definition) is 2. The van der Waals surface area contributed by atoms with Gasteiger partial charge in [-0.05, 0) is 44.0 Å². The molecule has 15 heavy (non-hydrogen) atoms. The minimum atomic E-state index is 0.131. The molecule has 0 heterocycles. The van der Waals surface area contributed by atoms with Crippen molar-refractivity contribution in [2.24, 2.45) is 5.92 Å². The van der Waals surface area contributed by atoms with Crippen LogP contribution in [0.3, 0.4) is 0 Å². The van der Waals surface area contributed by atoms with Crippen LogP contribution in [0.15, 0.2) is 25.6 Å². The molecule has 1 unspecified atom stereocenters. The molecule has 0 aliphatic rings. The Balaban J connectivity index is 2.77. The van der Waals surface area contributed by atoms with Crippen molar-refractivity contribution in [2.45, 2.75) is 6.92 Å². The maximum atomic E-state index is 8.88. The molecule has 1 N–H and O–H groups in total. The largest absolute Gasteiger partial charge is 0.491 e. The first-order valence-electron chi connectivity index (χ1n) is 4.42. The van der Waals surface area contributed by atoms with Crippen molar-refractivity contribution in [3.63, 3.8) is 0 Å². The summed E-state index contributed by atoms with van der Waals surface area (Å²) in [5.41, 5.74) is 0. The predicted octanol–water partition coefficient (Wildman–Crippen LogP) is 3.98. The molecule has 0 radical (unpaired) electrons. The van der Waals surface area contributed by atoms with Gasteiger partial charge in [-0.25, -0.2) is 0 Å². The van der Waals surface area contributed by atoms with Gasteiger partial charge in [-0.15, -0.1) is 0 Å². The van der Waals surface area contributed by atoms with E-state index in [0.29, 0.717) is 6.61 Å². The molecule has 84 valence electrons. The molecule has 0 amide bonds. The van der Waals surface area contributed by atoms with Gasteiger partial charge in [-0.2, -0.15) is 0 Å². The zero-order valence-corrected chi connectivity index (χ0v) is 12.9. The summed E-state index contributed by atoms with van der Waals surface area (Å²) >= 11 is 10.2. The highest BCUT2D eigenvalue weighted by atomic mass is 79.9. The van der Waals surface area contributed by atoms with Gasteiger partial charge in [0, 0.05) is 17.0 Å². The second kappa shape index (κ2) is 6.23. The zero-order valence-electron chi connectivity index (χ0n) is 8.14. The number of aliphatic hydroxyl groups excluding tert-OH is 1. The fraction of sp³-hybridized carbons (Fsp3) is 0.400. The summed E-state index contributed by atoms with van der Waals surface area (Å²) in [4.78, 5) is 0. The van der Waals surface area contributed by atoms with Crippen LogP contribution in [-0.2, 0) is 0 Å². The maximum absolute atomic E-state index is 8.88. The van der Waals surface area contributed by atoms with E-state index in [0.717, 1.165) is 19.2 Å². The van der Waals surface area contributed by atoms with Crippen LogP contribution in [-0.4, -0.2) is 18.3 Å². The van der Waals surface area contributed by atoms with Crippen LogP contribution in [0.2, 0.25) is 0 Å². The van der Waals surface area contributed by atoms with E-state index in [2.05, 4.69) is 47.8 Å². The van der Waals surface area contributed by atoms with Crippen molar-refractivity contribution in [3.05, 3.63) is 25.6 Å². The molecule has 1 atom stereocenters. The van der Waals surface area contributed by atoms with Crippen LogP contribution in [0.1, 0.15) is 6.92 Å². The Morgan fingerprint density at radius 2 is 1.80 bits per heavy atom. The molecule has 1 rings (SSSR count). The van der Waals surface area contributed by atoms with Gasteiger partial charge in [0.25, 0.3) is 0 Å². The molecular formula is C10H11Br3O2. The van der Waals surface area contributed by atoms with E-state index in [-0.39, 0.29) is 12.5 Å². The first kappa shape index (κ1) is 13.5. The molecule has 0 bridgehead atoms. The fourth-order valence-electron chi connectivity index (χ4n) is 0.945. The molecule has 1 aromatic rings. The van der Waals surface area contributed by atoms with Gasteiger partial charge in [0.15, 0.2) is 0 Å². The number of hydrogen-bond donors (Lipinski definition) is 1. The summed E-state index contributed by atoms with van der Waals surface area (Å²) in [6, 6.07) is 3.84. The Morgan fingerprint density at radius 1 is 1.27 bits per heavy atom. The van der Waals surface area contributed by atoms with Crippen LogP contribution in [0.25, 0.3) is 0 Å². The molecule has 0 spiro atoms. The van der Waals surface area contributed by atoms with Crippen molar-refractivity contribution in [3.8, 4) is 5.75 Å². The van der Waals surface area contributed by atoms with Crippen LogP contribution in [0, 0.1) is 5.92 Å². The lowest BCUT2D eigenvalue weighted by Crippen LogP contribution is -2.12. The van der Waals surface area contributed by atoms with Gasteiger partial charge in [0.2, 0.25) is 0 Å². The third-order valence-electron chi connectivity index (χ3n) is 1.79. The van der Waals surface area contributed by atoms with Crippen molar-refractivity contribution in [2.75, 3.05) is 13.2 Å². The van der Waals surface area contributed by atoms with Crippen LogP contribution in [0.4, 0.5) is 0 Å². The van der Waals surface area contributed by atoms with E-state index in [1.165, 1.54) is 0 Å². The second-order valence-corrected chi connectivity index (χ2v) is 5.92. The third-order valence-corrected chi connectivity index (χ3v) is 3.42. The predicted molar refractivity (Wildman–Crippen MR) is 71.3 cm³/mol. The number of halogens is 3. The zero-order chi connectivity index (χ0) is 11.4. The van der Waals surface area contributed by atoms with Crippen molar-refractivity contribution in [1.29, 1.82) is 0 Å². The Kier molecular flexibility index (Phi) is 5.60. The lowest BCUT2D eigenvalue weighted by Gasteiger charge is -2.13. The van der Waals surface area contributed by atoms with Crippen molar-refractivity contribution < 1.29 is 9.84 Å². The van der Waals surface area contributed by atoms with E-state index in [9.17, 15) is 0 Å². The first-order chi connectivity index (χ1) is 7.04. The topological polar surface area (TPSA) is 29.5 Å². The maximum Gasteiger partial charge on any atom is 0.147 e. The van der Waals surface area contributed by atoms with Gasteiger partial charge in [-0.3, -0.25) is 0 Å². The normalized spacial score (nSPS) is 12.6. The SMILES string of the molecule is CC(CO)COc1c(Br)cc(Br)cc1Br. The lowest BCUT2D eigenvalue weighted by atomic mass is 10.2. The summed E-state index contributed by atoms with van der Waals surface area (Å²) in [6.45, 7) is 2.56. The number of benzene rings is 1. The molecule has 0 saturated carbocycles. The number of ether oxygens (including phenoxy) is 1. The van der Waals surface area contributed by atoms with Gasteiger partial charge < -0.3 is 9.84 Å². The fourth-order valence-corrected chi connectivity index (χ4v) is 3.43. The Bertz CT molecular complexity index is 318. The molecule has 1 aromatic carbocycles. The number of rotatable bonds is 4. The van der Waals surface area contributed by atoms with E-state index in [4.69, 9.17) is 9.84 Å². The Morgan fingerprint density at radius 3 is 2.27 bits per heavy atom. The highest BCUT2D eigenvalue weighted by Crippen LogP contribution is 2.36. The molecule has 5 heteroatoms. The standard InChI is InChI=1S/C10H11Br3O2/c1-6(4-14)5-15-10-8(12)2-7(11)3-9(10)13/h2-3,6,14H,4-5H2,1H3. The summed E-state index contributed by atoms with van der Waals surface area (Å²) in [5.74, 6) is 0.894. The van der Waals surface area contributed by atoms with E-state index in [1.54, 1.807) is 0 Å². The quantitative estimate of drug-likeness (QED) is 0.825. The molecule has 0 aromatic heterocycles. The van der Waals surface area contributed by atoms with E-state index in [1.807, 2.05) is 19.1 Å². The van der Waals surface area contributed by atoms with Gasteiger partial charge in [0.05, 0.1) is 15.6 Å². The molecule has 0 aliphatic heterocycles. The molecule has 0 saturated heterocycles. The highest BCUT2D eigenvalue weighted by Gasteiger charge is 2.09. The lowest BCUT2D eigenvalue weighted by molar-refractivity contribution is 0.173. The van der Waals surface area contributed by atoms with Crippen LogP contribution < -0.4 is 4.74 Å². The Hall–Kier alpha value is 0.420. The monoisotopic (exact) mass is 400 g/mol. The second-order valence-electron chi connectivity index (χ2n) is 3.30. The van der Waals surface area contributed by atoms with E-state index < -0.39 is 0 Å². The molecule has 0 aliphatic carbocycles. The summed E-state index contributed by atoms with van der Waals surface area (Å²) in [6.07, 6.45) is 0. The molecule has 0 fully saturated rings. The summed E-state index contributed by atoms with van der Waals surface area (Å²) < 4.78 is 8.34.